The minimum Gasteiger partial charge on any atom is -0.374 e. The Kier molecular flexibility index (Phi) is 3.74. The van der Waals surface area contributed by atoms with Crippen LogP contribution in [0, 0.1) is 0 Å². The first-order valence-corrected chi connectivity index (χ1v) is 4.56. The van der Waals surface area contributed by atoms with E-state index in [1.807, 2.05) is 0 Å². The van der Waals surface area contributed by atoms with Gasteiger partial charge >= 0.3 is 12.1 Å². The Morgan fingerprint density at radius 1 is 1.38 bits per heavy atom. The van der Waals surface area contributed by atoms with Gasteiger partial charge in [-0.3, -0.25) is 9.59 Å². The molecule has 0 aromatic rings. The normalized spacial score (nSPS) is 17.1. The second-order valence-corrected chi connectivity index (χ2v) is 3.42. The highest BCUT2D eigenvalue weighted by molar-refractivity contribution is 5.82. The summed E-state index contributed by atoms with van der Waals surface area (Å²) in [6.07, 6.45) is -5.26. The number of carbonyl (C=O) groups is 2. The zero-order chi connectivity index (χ0) is 12.3. The third kappa shape index (κ3) is 3.37. The molecule has 16 heavy (non-hydrogen) atoms. The average Bonchev–Trinajstić information content (AvgIpc) is 2.05. The summed E-state index contributed by atoms with van der Waals surface area (Å²) in [6, 6.07) is 0. The van der Waals surface area contributed by atoms with Crippen molar-refractivity contribution >= 4 is 11.8 Å². The number of ether oxygens (including phenoxy) is 1. The first-order valence-electron chi connectivity index (χ1n) is 4.56. The summed E-state index contributed by atoms with van der Waals surface area (Å²) >= 11 is 0. The van der Waals surface area contributed by atoms with Crippen molar-refractivity contribution in [1.29, 1.82) is 0 Å². The van der Waals surface area contributed by atoms with E-state index in [-0.39, 0.29) is 26.1 Å². The van der Waals surface area contributed by atoms with Crippen LogP contribution in [0.5, 0.6) is 0 Å². The number of nitrogens with two attached hydrogens (primary N) is 1. The number of amides is 2. The van der Waals surface area contributed by atoms with Crippen LogP contribution in [0.1, 0.15) is 6.42 Å². The van der Waals surface area contributed by atoms with Gasteiger partial charge in [-0.2, -0.15) is 13.2 Å². The zero-order valence-corrected chi connectivity index (χ0v) is 8.29. The number of hydrogen-bond acceptors (Lipinski definition) is 3. The molecule has 8 heteroatoms. The Hall–Kier alpha value is -1.31. The summed E-state index contributed by atoms with van der Waals surface area (Å²) in [5.41, 5.74) is 4.84. The van der Waals surface area contributed by atoms with Gasteiger partial charge in [-0.05, 0) is 0 Å². The molecule has 0 saturated carbocycles. The molecule has 1 aliphatic heterocycles. The lowest BCUT2D eigenvalue weighted by Gasteiger charge is -2.38. The van der Waals surface area contributed by atoms with E-state index < -0.39 is 24.1 Å². The molecule has 0 atom stereocenters. The summed E-state index contributed by atoms with van der Waals surface area (Å²) in [5, 5.41) is 0. The van der Waals surface area contributed by atoms with E-state index >= 15 is 0 Å². The van der Waals surface area contributed by atoms with Crippen molar-refractivity contribution in [2.75, 3.05) is 19.7 Å². The van der Waals surface area contributed by atoms with Crippen LogP contribution in [0.3, 0.4) is 0 Å². The van der Waals surface area contributed by atoms with E-state index in [1.165, 1.54) is 0 Å². The molecule has 1 heterocycles. The van der Waals surface area contributed by atoms with Gasteiger partial charge in [-0.25, -0.2) is 0 Å². The second kappa shape index (κ2) is 4.69. The Morgan fingerprint density at radius 3 is 2.38 bits per heavy atom. The van der Waals surface area contributed by atoms with Crippen molar-refractivity contribution < 1.29 is 27.5 Å². The van der Waals surface area contributed by atoms with Crippen LogP contribution in [-0.4, -0.2) is 48.7 Å². The number of alkyl halides is 3. The van der Waals surface area contributed by atoms with Crippen LogP contribution >= 0.6 is 0 Å². The van der Waals surface area contributed by atoms with Gasteiger partial charge < -0.3 is 15.4 Å². The number of primary amides is 1. The maximum atomic E-state index is 11.9. The van der Waals surface area contributed by atoms with E-state index in [4.69, 9.17) is 10.5 Å². The van der Waals surface area contributed by atoms with E-state index in [2.05, 4.69) is 0 Å². The molecule has 1 saturated heterocycles. The molecule has 0 spiro atoms. The summed E-state index contributed by atoms with van der Waals surface area (Å²) in [6.45, 7) is -0.137. The van der Waals surface area contributed by atoms with Crippen LogP contribution in [0.4, 0.5) is 13.2 Å². The highest BCUT2D eigenvalue weighted by Crippen LogP contribution is 2.23. The molecular weight excluding hydrogens is 229 g/mol. The number of rotatable bonds is 4. The van der Waals surface area contributed by atoms with E-state index in [9.17, 15) is 22.8 Å². The van der Waals surface area contributed by atoms with Crippen molar-refractivity contribution in [3.63, 3.8) is 0 Å². The Balaban J connectivity index is 2.18. The Bertz CT molecular complexity index is 287. The number of nitrogens with zero attached hydrogens (tertiary/aromatic N) is 1. The SMILES string of the molecule is NC(=O)CCOC1CN(C(=O)C(F)(F)F)C1. The fraction of sp³-hybridized carbons (Fsp3) is 0.750. The Labute approximate surface area is 89.3 Å². The van der Waals surface area contributed by atoms with Gasteiger partial charge in [-0.15, -0.1) is 0 Å². The first kappa shape index (κ1) is 12.8. The molecule has 1 aliphatic rings. The van der Waals surface area contributed by atoms with E-state index in [0.29, 0.717) is 4.90 Å². The molecule has 2 N–H and O–H groups in total. The van der Waals surface area contributed by atoms with Gasteiger partial charge in [0.2, 0.25) is 5.91 Å². The van der Waals surface area contributed by atoms with E-state index in [0.717, 1.165) is 0 Å². The maximum absolute atomic E-state index is 11.9. The number of carbonyl (C=O) groups excluding carboxylic acids is 2. The van der Waals surface area contributed by atoms with Gasteiger partial charge in [0, 0.05) is 19.5 Å². The smallest absolute Gasteiger partial charge is 0.374 e. The van der Waals surface area contributed by atoms with Gasteiger partial charge in [0.15, 0.2) is 0 Å². The Morgan fingerprint density at radius 2 is 1.94 bits per heavy atom. The molecule has 0 aromatic heterocycles. The van der Waals surface area contributed by atoms with Crippen molar-refractivity contribution in [1.82, 2.24) is 4.90 Å². The quantitative estimate of drug-likeness (QED) is 0.730. The molecule has 1 rings (SSSR count). The van der Waals surface area contributed by atoms with Gasteiger partial charge in [0.05, 0.1) is 12.7 Å². The van der Waals surface area contributed by atoms with Crippen LogP contribution in [0.15, 0.2) is 0 Å². The molecule has 5 nitrogen and oxygen atoms in total. The van der Waals surface area contributed by atoms with Gasteiger partial charge in [0.1, 0.15) is 0 Å². The summed E-state index contributed by atoms with van der Waals surface area (Å²) in [7, 11) is 0. The summed E-state index contributed by atoms with van der Waals surface area (Å²) in [4.78, 5) is 21.6. The van der Waals surface area contributed by atoms with Crippen LogP contribution < -0.4 is 5.73 Å². The third-order valence-corrected chi connectivity index (χ3v) is 2.08. The molecule has 0 bridgehead atoms. The largest absolute Gasteiger partial charge is 0.471 e. The predicted molar refractivity (Wildman–Crippen MR) is 46.2 cm³/mol. The fourth-order valence-corrected chi connectivity index (χ4v) is 1.21. The molecular formula is C8H11F3N2O3. The number of halogens is 3. The van der Waals surface area contributed by atoms with E-state index in [1.54, 1.807) is 0 Å². The molecule has 1 fully saturated rings. The standard InChI is InChI=1S/C8H11F3N2O3/c9-8(10,11)7(15)13-3-5(4-13)16-2-1-6(12)14/h5H,1-4H2,(H2,12,14). The monoisotopic (exact) mass is 240 g/mol. The van der Waals surface area contributed by atoms with Gasteiger partial charge in [0.25, 0.3) is 0 Å². The molecule has 0 radical (unpaired) electrons. The average molecular weight is 240 g/mol. The summed E-state index contributed by atoms with van der Waals surface area (Å²) < 4.78 is 40.8. The molecule has 92 valence electrons. The van der Waals surface area contributed by atoms with Crippen molar-refractivity contribution in [3.8, 4) is 0 Å². The zero-order valence-electron chi connectivity index (χ0n) is 8.29. The highest BCUT2D eigenvalue weighted by atomic mass is 19.4. The maximum Gasteiger partial charge on any atom is 0.471 e. The van der Waals surface area contributed by atoms with Crippen LogP contribution in [-0.2, 0) is 14.3 Å². The number of hydrogen-bond donors (Lipinski definition) is 1. The second-order valence-electron chi connectivity index (χ2n) is 3.42. The highest BCUT2D eigenvalue weighted by Gasteiger charge is 2.46. The first-order chi connectivity index (χ1) is 7.30. The summed E-state index contributed by atoms with van der Waals surface area (Å²) in [5.74, 6) is -2.40. The molecule has 0 unspecified atom stereocenters. The van der Waals surface area contributed by atoms with Crippen molar-refractivity contribution in [3.05, 3.63) is 0 Å². The van der Waals surface area contributed by atoms with Crippen molar-refractivity contribution in [2.45, 2.75) is 18.7 Å². The molecule has 0 aliphatic carbocycles. The lowest BCUT2D eigenvalue weighted by atomic mass is 10.1. The predicted octanol–water partition coefficient (Wildman–Crippen LogP) is -0.349. The van der Waals surface area contributed by atoms with Crippen LogP contribution in [0.25, 0.3) is 0 Å². The lowest BCUT2D eigenvalue weighted by Crippen LogP contribution is -2.58. The minimum absolute atomic E-state index is 0.0176. The third-order valence-electron chi connectivity index (χ3n) is 2.08. The fourth-order valence-electron chi connectivity index (χ4n) is 1.21. The van der Waals surface area contributed by atoms with Crippen LogP contribution in [0.2, 0.25) is 0 Å². The molecule has 0 aromatic carbocycles. The molecule has 2 amide bonds. The van der Waals surface area contributed by atoms with Gasteiger partial charge in [-0.1, -0.05) is 0 Å². The topological polar surface area (TPSA) is 72.6 Å². The van der Waals surface area contributed by atoms with Crippen molar-refractivity contribution in [2.24, 2.45) is 5.73 Å². The minimum atomic E-state index is -4.84. The number of likely N-dealkylation sites (tertiary alicyclic amines) is 1. The lowest BCUT2D eigenvalue weighted by molar-refractivity contribution is -0.196.